The fourth-order valence-corrected chi connectivity index (χ4v) is 2.49. The van der Waals surface area contributed by atoms with Gasteiger partial charge in [0.1, 0.15) is 0 Å². The fourth-order valence-electron chi connectivity index (χ4n) is 1.87. The molecule has 0 aliphatic heterocycles. The topological polar surface area (TPSA) is 24.9 Å². The van der Waals surface area contributed by atoms with Crippen molar-refractivity contribution >= 4 is 16.5 Å². The van der Waals surface area contributed by atoms with Gasteiger partial charge >= 0.3 is 0 Å². The maximum atomic E-state index is 4.24. The van der Waals surface area contributed by atoms with Crippen LogP contribution < -0.4 is 5.32 Å². The predicted octanol–water partition coefficient (Wildman–Crippen LogP) is 3.93. The summed E-state index contributed by atoms with van der Waals surface area (Å²) in [5.41, 5.74) is 3.97. The van der Waals surface area contributed by atoms with Gasteiger partial charge in [0.25, 0.3) is 0 Å². The number of rotatable bonds is 3. The van der Waals surface area contributed by atoms with Crippen molar-refractivity contribution in [1.82, 2.24) is 4.98 Å². The third-order valence-electron chi connectivity index (χ3n) is 2.66. The molecule has 1 N–H and O–H groups in total. The van der Waals surface area contributed by atoms with Gasteiger partial charge in [0.05, 0.1) is 6.04 Å². The minimum absolute atomic E-state index is 0.298. The van der Waals surface area contributed by atoms with E-state index < -0.39 is 0 Å². The lowest BCUT2D eigenvalue weighted by atomic mass is 10.0. The number of hydrogen-bond donors (Lipinski definition) is 1. The molecule has 2 nitrogen and oxygen atoms in total. The first-order valence-corrected chi connectivity index (χ1v) is 6.28. The van der Waals surface area contributed by atoms with Crippen LogP contribution in [0.15, 0.2) is 29.8 Å². The van der Waals surface area contributed by atoms with E-state index in [0.29, 0.717) is 6.04 Å². The average Bonchev–Trinajstić information content (AvgIpc) is 2.70. The Bertz CT molecular complexity index is 463. The largest absolute Gasteiger partial charge is 0.355 e. The highest BCUT2D eigenvalue weighted by Crippen LogP contribution is 2.23. The zero-order chi connectivity index (χ0) is 11.5. The molecular formula is C13H16N2S. The van der Waals surface area contributed by atoms with Crippen molar-refractivity contribution in [2.75, 3.05) is 5.32 Å². The number of aryl methyl sites for hydroxylation is 2. The zero-order valence-electron chi connectivity index (χ0n) is 9.82. The molecule has 1 unspecified atom stereocenters. The van der Waals surface area contributed by atoms with E-state index in [9.17, 15) is 0 Å². The summed E-state index contributed by atoms with van der Waals surface area (Å²) in [6.07, 6.45) is 1.82. The molecule has 0 saturated heterocycles. The first kappa shape index (κ1) is 11.1. The maximum absolute atomic E-state index is 4.24. The predicted molar refractivity (Wildman–Crippen MR) is 70.1 cm³/mol. The molecule has 0 saturated carbocycles. The van der Waals surface area contributed by atoms with E-state index in [0.717, 1.165) is 5.13 Å². The Morgan fingerprint density at radius 1 is 1.31 bits per heavy atom. The standard InChI is InChI=1S/C13H16N2S/c1-9-4-5-12(10(2)8-9)11(3)15-13-14-6-7-16-13/h4-8,11H,1-3H3,(H,14,15). The Morgan fingerprint density at radius 3 is 2.75 bits per heavy atom. The maximum Gasteiger partial charge on any atom is 0.183 e. The molecule has 1 atom stereocenters. The van der Waals surface area contributed by atoms with Crippen LogP contribution in [0.1, 0.15) is 29.7 Å². The van der Waals surface area contributed by atoms with Gasteiger partial charge in [-0.1, -0.05) is 23.8 Å². The van der Waals surface area contributed by atoms with Crippen LogP contribution in [0.5, 0.6) is 0 Å². The highest BCUT2D eigenvalue weighted by molar-refractivity contribution is 7.13. The summed E-state index contributed by atoms with van der Waals surface area (Å²) in [5, 5.41) is 6.37. The van der Waals surface area contributed by atoms with E-state index in [1.807, 2.05) is 11.6 Å². The molecule has 1 aromatic heterocycles. The molecular weight excluding hydrogens is 216 g/mol. The van der Waals surface area contributed by atoms with E-state index in [-0.39, 0.29) is 0 Å². The van der Waals surface area contributed by atoms with Crippen molar-refractivity contribution < 1.29 is 0 Å². The van der Waals surface area contributed by atoms with Crippen molar-refractivity contribution in [3.05, 3.63) is 46.5 Å². The molecule has 16 heavy (non-hydrogen) atoms. The van der Waals surface area contributed by atoms with Crippen LogP contribution in [0.25, 0.3) is 0 Å². The van der Waals surface area contributed by atoms with Gasteiger partial charge in [-0.3, -0.25) is 0 Å². The molecule has 0 aliphatic rings. The summed E-state index contributed by atoms with van der Waals surface area (Å²) in [6.45, 7) is 6.44. The first-order valence-electron chi connectivity index (χ1n) is 5.40. The number of aromatic nitrogens is 1. The van der Waals surface area contributed by atoms with Crippen LogP contribution >= 0.6 is 11.3 Å². The van der Waals surface area contributed by atoms with Gasteiger partial charge in [-0.25, -0.2) is 4.98 Å². The van der Waals surface area contributed by atoms with Crippen molar-refractivity contribution in [1.29, 1.82) is 0 Å². The molecule has 0 amide bonds. The van der Waals surface area contributed by atoms with Crippen LogP contribution in [0.4, 0.5) is 5.13 Å². The third kappa shape index (κ3) is 2.42. The van der Waals surface area contributed by atoms with Crippen molar-refractivity contribution in [2.45, 2.75) is 26.8 Å². The highest BCUT2D eigenvalue weighted by Gasteiger charge is 2.09. The molecule has 0 aliphatic carbocycles. The Hall–Kier alpha value is -1.35. The molecule has 0 radical (unpaired) electrons. The number of hydrogen-bond acceptors (Lipinski definition) is 3. The van der Waals surface area contributed by atoms with Crippen LogP contribution in [-0.2, 0) is 0 Å². The molecule has 0 spiro atoms. The number of nitrogens with zero attached hydrogens (tertiary/aromatic N) is 1. The molecule has 0 bridgehead atoms. The lowest BCUT2D eigenvalue weighted by molar-refractivity contribution is 0.870. The Kier molecular flexibility index (Phi) is 3.25. The first-order chi connectivity index (χ1) is 7.66. The zero-order valence-corrected chi connectivity index (χ0v) is 10.6. The van der Waals surface area contributed by atoms with Crippen LogP contribution in [0, 0.1) is 13.8 Å². The lowest BCUT2D eigenvalue weighted by Crippen LogP contribution is -2.07. The van der Waals surface area contributed by atoms with Gasteiger partial charge in [0, 0.05) is 11.6 Å². The molecule has 0 fully saturated rings. The second kappa shape index (κ2) is 4.66. The lowest BCUT2D eigenvalue weighted by Gasteiger charge is -2.16. The van der Waals surface area contributed by atoms with Gasteiger partial charge in [-0.05, 0) is 31.9 Å². The van der Waals surface area contributed by atoms with E-state index in [2.05, 4.69) is 49.3 Å². The molecule has 3 heteroatoms. The number of nitrogens with one attached hydrogen (secondary N) is 1. The van der Waals surface area contributed by atoms with Crippen LogP contribution in [-0.4, -0.2) is 4.98 Å². The summed E-state index contributed by atoms with van der Waals surface area (Å²) >= 11 is 1.63. The third-order valence-corrected chi connectivity index (χ3v) is 3.37. The van der Waals surface area contributed by atoms with E-state index >= 15 is 0 Å². The Morgan fingerprint density at radius 2 is 2.12 bits per heavy atom. The molecule has 84 valence electrons. The van der Waals surface area contributed by atoms with Crippen LogP contribution in [0.2, 0.25) is 0 Å². The van der Waals surface area contributed by atoms with E-state index in [4.69, 9.17) is 0 Å². The second-order valence-electron chi connectivity index (χ2n) is 4.06. The Balaban J connectivity index is 2.17. The molecule has 1 heterocycles. The van der Waals surface area contributed by atoms with Gasteiger partial charge in [0.2, 0.25) is 0 Å². The smallest absolute Gasteiger partial charge is 0.183 e. The number of benzene rings is 1. The van der Waals surface area contributed by atoms with E-state index in [1.54, 1.807) is 11.3 Å². The van der Waals surface area contributed by atoms with Crippen LogP contribution in [0.3, 0.4) is 0 Å². The summed E-state index contributed by atoms with van der Waals surface area (Å²) in [4.78, 5) is 4.24. The minimum Gasteiger partial charge on any atom is -0.355 e. The van der Waals surface area contributed by atoms with E-state index in [1.165, 1.54) is 16.7 Å². The SMILES string of the molecule is Cc1ccc(C(C)Nc2nccs2)c(C)c1. The minimum atomic E-state index is 0.298. The van der Waals surface area contributed by atoms with Gasteiger partial charge in [-0.2, -0.15) is 0 Å². The van der Waals surface area contributed by atoms with Crippen molar-refractivity contribution in [3.63, 3.8) is 0 Å². The quantitative estimate of drug-likeness (QED) is 0.867. The molecule has 1 aromatic carbocycles. The molecule has 2 rings (SSSR count). The number of thiazole rings is 1. The van der Waals surface area contributed by atoms with Crippen molar-refractivity contribution in [3.8, 4) is 0 Å². The average molecular weight is 232 g/mol. The normalized spacial score (nSPS) is 12.4. The summed E-state index contributed by atoms with van der Waals surface area (Å²) < 4.78 is 0. The summed E-state index contributed by atoms with van der Waals surface area (Å²) in [7, 11) is 0. The number of anilines is 1. The Labute approximate surface area is 100 Å². The fraction of sp³-hybridized carbons (Fsp3) is 0.308. The monoisotopic (exact) mass is 232 g/mol. The van der Waals surface area contributed by atoms with Gasteiger partial charge < -0.3 is 5.32 Å². The second-order valence-corrected chi connectivity index (χ2v) is 4.96. The summed E-state index contributed by atoms with van der Waals surface area (Å²) in [6, 6.07) is 6.86. The summed E-state index contributed by atoms with van der Waals surface area (Å²) in [5.74, 6) is 0. The highest BCUT2D eigenvalue weighted by atomic mass is 32.1. The molecule has 2 aromatic rings. The van der Waals surface area contributed by atoms with Gasteiger partial charge in [-0.15, -0.1) is 11.3 Å². The van der Waals surface area contributed by atoms with Crippen molar-refractivity contribution in [2.24, 2.45) is 0 Å². The van der Waals surface area contributed by atoms with Gasteiger partial charge in [0.15, 0.2) is 5.13 Å².